The van der Waals surface area contributed by atoms with Crippen molar-refractivity contribution in [1.82, 2.24) is 10.5 Å². The van der Waals surface area contributed by atoms with Gasteiger partial charge in [-0.05, 0) is 52.4 Å². The van der Waals surface area contributed by atoms with Crippen molar-refractivity contribution in [3.8, 4) is 0 Å². The first-order valence-electron chi connectivity index (χ1n) is 7.80. The van der Waals surface area contributed by atoms with Gasteiger partial charge in [-0.1, -0.05) is 24.9 Å². The Morgan fingerprint density at radius 3 is 2.47 bits per heavy atom. The van der Waals surface area contributed by atoms with Gasteiger partial charge in [-0.15, -0.1) is 0 Å². The van der Waals surface area contributed by atoms with Crippen molar-refractivity contribution in [2.75, 3.05) is 0 Å². The molecule has 1 heterocycles. The first kappa shape index (κ1) is 14.6. The molecule has 1 N–H and O–H groups in total. The van der Waals surface area contributed by atoms with Crippen LogP contribution in [-0.4, -0.2) is 11.2 Å². The second kappa shape index (κ2) is 6.56. The Morgan fingerprint density at radius 1 is 1.26 bits per heavy atom. The highest BCUT2D eigenvalue weighted by atomic mass is 16.5. The molecule has 0 aromatic carbocycles. The predicted molar refractivity (Wildman–Crippen MR) is 78.2 cm³/mol. The van der Waals surface area contributed by atoms with E-state index >= 15 is 0 Å². The lowest BCUT2D eigenvalue weighted by atomic mass is 9.83. The van der Waals surface area contributed by atoms with E-state index in [4.69, 9.17) is 4.52 Å². The molecule has 3 nitrogen and oxygen atoms in total. The zero-order chi connectivity index (χ0) is 13.8. The lowest BCUT2D eigenvalue weighted by Crippen LogP contribution is -2.35. The summed E-state index contributed by atoms with van der Waals surface area (Å²) in [5.41, 5.74) is 2.27. The number of rotatable bonds is 5. The average molecular weight is 264 g/mol. The molecule has 0 amide bonds. The standard InChI is InChI=1S/C16H28N2O/c1-5-6-14-7-9-15(10-8-14)17-11(2)16-12(3)18-19-13(16)4/h11,14-15,17H,5-10H2,1-4H3. The number of aryl methyl sites for hydroxylation is 2. The Hall–Kier alpha value is -0.830. The van der Waals surface area contributed by atoms with Gasteiger partial charge in [0.2, 0.25) is 0 Å². The van der Waals surface area contributed by atoms with E-state index in [9.17, 15) is 0 Å². The molecule has 1 fully saturated rings. The normalized spacial score (nSPS) is 25.5. The van der Waals surface area contributed by atoms with Crippen molar-refractivity contribution in [2.45, 2.75) is 78.3 Å². The van der Waals surface area contributed by atoms with E-state index in [-0.39, 0.29) is 0 Å². The van der Waals surface area contributed by atoms with Gasteiger partial charge in [0.15, 0.2) is 0 Å². The van der Waals surface area contributed by atoms with E-state index < -0.39 is 0 Å². The van der Waals surface area contributed by atoms with Crippen LogP contribution >= 0.6 is 0 Å². The molecular weight excluding hydrogens is 236 g/mol. The summed E-state index contributed by atoms with van der Waals surface area (Å²) < 4.78 is 5.26. The van der Waals surface area contributed by atoms with Gasteiger partial charge in [0.25, 0.3) is 0 Å². The maximum absolute atomic E-state index is 5.26. The summed E-state index contributed by atoms with van der Waals surface area (Å²) in [6.45, 7) is 8.56. The highest BCUT2D eigenvalue weighted by Crippen LogP contribution is 2.30. The van der Waals surface area contributed by atoms with E-state index in [1.807, 2.05) is 13.8 Å². The first-order valence-corrected chi connectivity index (χ1v) is 7.80. The fourth-order valence-corrected chi connectivity index (χ4v) is 3.57. The molecule has 3 heteroatoms. The minimum absolute atomic E-state index is 0.346. The van der Waals surface area contributed by atoms with Crippen LogP contribution in [0, 0.1) is 19.8 Å². The summed E-state index contributed by atoms with van der Waals surface area (Å²) in [5, 5.41) is 7.82. The van der Waals surface area contributed by atoms with Gasteiger partial charge in [-0.25, -0.2) is 0 Å². The molecule has 0 saturated heterocycles. The Bertz CT molecular complexity index is 372. The summed E-state index contributed by atoms with van der Waals surface area (Å²) in [6.07, 6.45) is 8.15. The van der Waals surface area contributed by atoms with Crippen molar-refractivity contribution in [3.05, 3.63) is 17.0 Å². The van der Waals surface area contributed by atoms with Gasteiger partial charge < -0.3 is 9.84 Å². The summed E-state index contributed by atoms with van der Waals surface area (Å²) in [6, 6.07) is 1.01. The van der Waals surface area contributed by atoms with Crippen LogP contribution in [0.4, 0.5) is 0 Å². The van der Waals surface area contributed by atoms with Crippen LogP contribution in [0.3, 0.4) is 0 Å². The Balaban J connectivity index is 1.86. The van der Waals surface area contributed by atoms with E-state index in [0.29, 0.717) is 12.1 Å². The third kappa shape index (κ3) is 3.59. The molecule has 0 bridgehead atoms. The smallest absolute Gasteiger partial charge is 0.138 e. The monoisotopic (exact) mass is 264 g/mol. The van der Waals surface area contributed by atoms with Gasteiger partial charge in [0.1, 0.15) is 5.76 Å². The van der Waals surface area contributed by atoms with E-state index in [2.05, 4.69) is 24.3 Å². The largest absolute Gasteiger partial charge is 0.361 e. The fourth-order valence-electron chi connectivity index (χ4n) is 3.57. The summed E-state index contributed by atoms with van der Waals surface area (Å²) in [7, 11) is 0. The number of nitrogens with zero attached hydrogens (tertiary/aromatic N) is 1. The van der Waals surface area contributed by atoms with Crippen molar-refractivity contribution < 1.29 is 4.52 Å². The minimum Gasteiger partial charge on any atom is -0.361 e. The van der Waals surface area contributed by atoms with Crippen molar-refractivity contribution in [3.63, 3.8) is 0 Å². The molecule has 0 aliphatic heterocycles. The number of hydrogen-bond acceptors (Lipinski definition) is 3. The highest BCUT2D eigenvalue weighted by Gasteiger charge is 2.24. The molecule has 1 saturated carbocycles. The number of nitrogens with one attached hydrogen (secondary N) is 1. The molecule has 1 aromatic rings. The van der Waals surface area contributed by atoms with Gasteiger partial charge in [0.05, 0.1) is 5.69 Å². The first-order chi connectivity index (χ1) is 9.11. The molecular formula is C16H28N2O. The van der Waals surface area contributed by atoms with Crippen molar-refractivity contribution in [1.29, 1.82) is 0 Å². The quantitative estimate of drug-likeness (QED) is 0.861. The average Bonchev–Trinajstić information content (AvgIpc) is 2.72. The summed E-state index contributed by atoms with van der Waals surface area (Å²) in [5.74, 6) is 1.93. The van der Waals surface area contributed by atoms with Crippen molar-refractivity contribution in [2.24, 2.45) is 5.92 Å². The van der Waals surface area contributed by atoms with E-state index in [0.717, 1.165) is 17.4 Å². The van der Waals surface area contributed by atoms with Crippen LogP contribution < -0.4 is 5.32 Å². The lowest BCUT2D eigenvalue weighted by Gasteiger charge is -2.31. The maximum Gasteiger partial charge on any atom is 0.138 e. The molecule has 1 aliphatic carbocycles. The second-order valence-corrected chi connectivity index (χ2v) is 6.13. The Morgan fingerprint density at radius 2 is 1.95 bits per heavy atom. The van der Waals surface area contributed by atoms with E-state index in [1.165, 1.54) is 44.1 Å². The van der Waals surface area contributed by atoms with E-state index in [1.54, 1.807) is 0 Å². The number of hydrogen-bond donors (Lipinski definition) is 1. The zero-order valence-corrected chi connectivity index (χ0v) is 12.8. The van der Waals surface area contributed by atoms with Gasteiger partial charge in [-0.2, -0.15) is 0 Å². The maximum atomic E-state index is 5.26. The van der Waals surface area contributed by atoms with Crippen LogP contribution in [0.5, 0.6) is 0 Å². The van der Waals surface area contributed by atoms with Crippen molar-refractivity contribution >= 4 is 0 Å². The summed E-state index contributed by atoms with van der Waals surface area (Å²) in [4.78, 5) is 0. The molecule has 1 aromatic heterocycles. The molecule has 108 valence electrons. The molecule has 0 spiro atoms. The van der Waals surface area contributed by atoms with Gasteiger partial charge in [-0.3, -0.25) is 0 Å². The minimum atomic E-state index is 0.346. The topological polar surface area (TPSA) is 38.1 Å². The molecule has 1 unspecified atom stereocenters. The SMILES string of the molecule is CCCC1CCC(NC(C)c2c(C)noc2C)CC1. The third-order valence-corrected chi connectivity index (χ3v) is 4.55. The molecule has 0 radical (unpaired) electrons. The summed E-state index contributed by atoms with van der Waals surface area (Å²) >= 11 is 0. The molecule has 19 heavy (non-hydrogen) atoms. The zero-order valence-electron chi connectivity index (χ0n) is 12.8. The van der Waals surface area contributed by atoms with Crippen LogP contribution in [-0.2, 0) is 0 Å². The van der Waals surface area contributed by atoms with Gasteiger partial charge in [0, 0.05) is 17.6 Å². The van der Waals surface area contributed by atoms with Crippen LogP contribution in [0.15, 0.2) is 4.52 Å². The predicted octanol–water partition coefficient (Wildman–Crippen LogP) is 4.30. The Labute approximate surface area is 117 Å². The Kier molecular flexibility index (Phi) is 5.03. The second-order valence-electron chi connectivity index (χ2n) is 6.13. The number of aromatic nitrogens is 1. The van der Waals surface area contributed by atoms with Crippen LogP contribution in [0.2, 0.25) is 0 Å². The molecule has 1 aliphatic rings. The van der Waals surface area contributed by atoms with Crippen LogP contribution in [0.25, 0.3) is 0 Å². The lowest BCUT2D eigenvalue weighted by molar-refractivity contribution is 0.266. The molecule has 1 atom stereocenters. The van der Waals surface area contributed by atoms with Gasteiger partial charge >= 0.3 is 0 Å². The molecule has 2 rings (SSSR count). The fraction of sp³-hybridized carbons (Fsp3) is 0.812. The third-order valence-electron chi connectivity index (χ3n) is 4.55. The highest BCUT2D eigenvalue weighted by molar-refractivity contribution is 5.24. The van der Waals surface area contributed by atoms with Crippen LogP contribution in [0.1, 0.15) is 75.4 Å².